The summed E-state index contributed by atoms with van der Waals surface area (Å²) in [5.41, 5.74) is 6.60. The van der Waals surface area contributed by atoms with Gasteiger partial charge in [-0.05, 0) is 80.0 Å². The van der Waals surface area contributed by atoms with E-state index in [9.17, 15) is 4.79 Å². The van der Waals surface area contributed by atoms with Crippen molar-refractivity contribution in [1.82, 2.24) is 20.3 Å². The molecule has 1 atom stereocenters. The van der Waals surface area contributed by atoms with E-state index in [0.29, 0.717) is 47.7 Å². The van der Waals surface area contributed by atoms with Gasteiger partial charge in [-0.25, -0.2) is 9.97 Å². The molecule has 2 aromatic heterocycles. The van der Waals surface area contributed by atoms with Crippen molar-refractivity contribution >= 4 is 34.2 Å². The number of fused-ring (bicyclic) bond motifs is 2. The van der Waals surface area contributed by atoms with Crippen LogP contribution in [0.4, 0.5) is 11.6 Å². The summed E-state index contributed by atoms with van der Waals surface area (Å²) in [4.78, 5) is 27.1. The van der Waals surface area contributed by atoms with Crippen molar-refractivity contribution < 1.29 is 23.4 Å². The minimum absolute atomic E-state index is 0.0171. The Hall–Kier alpha value is -4.44. The highest BCUT2D eigenvalue weighted by Gasteiger charge is 2.28. The van der Waals surface area contributed by atoms with E-state index >= 15 is 0 Å². The number of carbonyl (C=O) groups is 1. The second-order valence-electron chi connectivity index (χ2n) is 11.4. The number of aromatic nitrogens is 3. The maximum Gasteiger partial charge on any atom is 0.251 e. The third-order valence-electron chi connectivity index (χ3n) is 8.31. The van der Waals surface area contributed by atoms with Crippen LogP contribution in [0.5, 0.6) is 11.6 Å². The lowest BCUT2D eigenvalue weighted by atomic mass is 10.0. The van der Waals surface area contributed by atoms with Gasteiger partial charge in [-0.2, -0.15) is 4.98 Å². The summed E-state index contributed by atoms with van der Waals surface area (Å²) in [5, 5.41) is 6.38. The quantitative estimate of drug-likeness (QED) is 0.262. The van der Waals surface area contributed by atoms with Crippen LogP contribution >= 0.6 is 0 Å². The number of anilines is 2. The van der Waals surface area contributed by atoms with Crippen molar-refractivity contribution in [2.24, 2.45) is 0 Å². The van der Waals surface area contributed by atoms with E-state index < -0.39 is 0 Å². The van der Waals surface area contributed by atoms with Gasteiger partial charge in [0, 0.05) is 25.5 Å². The second kappa shape index (κ2) is 11.7. The number of carbonyl (C=O) groups excluding carboxylic acids is 1. The maximum atomic E-state index is 12.9. The molecule has 1 aliphatic heterocycles. The number of rotatable bonds is 8. The Bertz CT molecular complexity index is 1700. The molecule has 2 aliphatic carbocycles. The van der Waals surface area contributed by atoms with E-state index in [-0.39, 0.29) is 18.1 Å². The molecule has 1 amide bonds. The Balaban J connectivity index is 1.18. The number of benzene rings is 2. The van der Waals surface area contributed by atoms with Crippen LogP contribution in [0, 0.1) is 6.92 Å². The number of amides is 1. The molecule has 2 fully saturated rings. The Morgan fingerprint density at radius 2 is 1.91 bits per heavy atom. The number of oxazole rings is 1. The molecule has 1 saturated heterocycles. The van der Waals surface area contributed by atoms with Gasteiger partial charge in [0.1, 0.15) is 17.4 Å². The maximum absolute atomic E-state index is 12.9. The van der Waals surface area contributed by atoms with Crippen molar-refractivity contribution in [2.75, 3.05) is 25.6 Å². The van der Waals surface area contributed by atoms with Crippen LogP contribution in [0.25, 0.3) is 16.7 Å². The van der Waals surface area contributed by atoms with E-state index in [2.05, 4.69) is 27.8 Å². The van der Waals surface area contributed by atoms with E-state index in [4.69, 9.17) is 28.6 Å². The Morgan fingerprint density at radius 3 is 2.72 bits per heavy atom. The van der Waals surface area contributed by atoms with Gasteiger partial charge in [-0.3, -0.25) is 4.79 Å². The van der Waals surface area contributed by atoms with Gasteiger partial charge in [0.05, 0.1) is 36.7 Å². The average Bonchev–Trinajstić information content (AvgIpc) is 3.77. The van der Waals surface area contributed by atoms with Gasteiger partial charge in [0.15, 0.2) is 11.5 Å². The lowest BCUT2D eigenvalue weighted by molar-refractivity contribution is 0.0624. The summed E-state index contributed by atoms with van der Waals surface area (Å²) >= 11 is 0. The largest absolute Gasteiger partial charge is 0.495 e. The summed E-state index contributed by atoms with van der Waals surface area (Å²) in [6.45, 7) is 3.13. The standard InChI is InChI=1S/C33H35N5O5/c1-19-34-26-12-9-20(16-29(26)42-19)24-11-14-27-30(24)32(43-23-7-3-4-8-23)38-33(37-27)36-25-13-10-21(17-28(25)40-2)31(39)35-22-6-5-15-41-18-22/h9-13,16-17,22-23H,3-8,14-15,18H2,1-2H3,(H,35,39)(H,36,37,38). The fourth-order valence-electron chi connectivity index (χ4n) is 6.16. The van der Waals surface area contributed by atoms with E-state index in [0.717, 1.165) is 78.6 Å². The lowest BCUT2D eigenvalue weighted by Gasteiger charge is -2.23. The molecule has 10 nitrogen and oxygen atoms in total. The summed E-state index contributed by atoms with van der Waals surface area (Å²) in [7, 11) is 1.58. The van der Waals surface area contributed by atoms with Gasteiger partial charge >= 0.3 is 0 Å². The molecule has 0 spiro atoms. The van der Waals surface area contributed by atoms with Gasteiger partial charge in [0.2, 0.25) is 11.8 Å². The van der Waals surface area contributed by atoms with Crippen LogP contribution in [0.15, 0.2) is 46.9 Å². The molecule has 3 aliphatic rings. The van der Waals surface area contributed by atoms with Crippen molar-refractivity contribution in [2.45, 2.75) is 64.0 Å². The number of hydrogen-bond donors (Lipinski definition) is 2. The SMILES string of the molecule is COc1cc(C(=O)NC2CCCOC2)ccc1Nc1nc2c(c(OC3CCCC3)n1)C(c1ccc3nc(C)oc3c1)=CC2. The van der Waals surface area contributed by atoms with Crippen LogP contribution in [0.1, 0.15) is 71.6 Å². The summed E-state index contributed by atoms with van der Waals surface area (Å²) in [5.74, 6) is 1.99. The van der Waals surface area contributed by atoms with Crippen LogP contribution in [0.2, 0.25) is 0 Å². The predicted octanol–water partition coefficient (Wildman–Crippen LogP) is 5.90. The van der Waals surface area contributed by atoms with Gasteiger partial charge in [-0.1, -0.05) is 12.1 Å². The molecule has 222 valence electrons. The minimum atomic E-state index is -0.154. The number of hydrogen-bond acceptors (Lipinski definition) is 9. The van der Waals surface area contributed by atoms with E-state index in [1.165, 1.54) is 0 Å². The van der Waals surface area contributed by atoms with E-state index in [1.54, 1.807) is 19.2 Å². The molecule has 10 heteroatoms. The molecule has 0 radical (unpaired) electrons. The smallest absolute Gasteiger partial charge is 0.251 e. The molecule has 4 aromatic rings. The molecule has 43 heavy (non-hydrogen) atoms. The monoisotopic (exact) mass is 581 g/mol. The molecular weight excluding hydrogens is 546 g/mol. The number of ether oxygens (including phenoxy) is 3. The number of nitrogens with zero attached hydrogens (tertiary/aromatic N) is 3. The fraction of sp³-hybridized carbons (Fsp3) is 0.394. The highest BCUT2D eigenvalue weighted by atomic mass is 16.5. The highest BCUT2D eigenvalue weighted by Crippen LogP contribution is 2.41. The van der Waals surface area contributed by atoms with Crippen LogP contribution < -0.4 is 20.1 Å². The first-order valence-corrected chi connectivity index (χ1v) is 15.0. The number of nitrogens with one attached hydrogen (secondary N) is 2. The molecular formula is C33H35N5O5. The topological polar surface area (TPSA) is 121 Å². The van der Waals surface area contributed by atoms with Crippen molar-refractivity contribution in [3.8, 4) is 11.6 Å². The third-order valence-corrected chi connectivity index (χ3v) is 8.31. The zero-order valence-electron chi connectivity index (χ0n) is 24.4. The predicted molar refractivity (Wildman–Crippen MR) is 162 cm³/mol. The lowest BCUT2D eigenvalue weighted by Crippen LogP contribution is -2.40. The van der Waals surface area contributed by atoms with Crippen LogP contribution in [-0.4, -0.2) is 53.3 Å². The second-order valence-corrected chi connectivity index (χ2v) is 11.4. The summed E-state index contributed by atoms with van der Waals surface area (Å²) in [6, 6.07) is 11.4. The molecule has 2 N–H and O–H groups in total. The fourth-order valence-corrected chi connectivity index (χ4v) is 6.16. The average molecular weight is 582 g/mol. The summed E-state index contributed by atoms with van der Waals surface area (Å²) < 4.78 is 23.5. The van der Waals surface area contributed by atoms with Gasteiger partial charge in [-0.15, -0.1) is 0 Å². The molecule has 3 heterocycles. The highest BCUT2D eigenvalue weighted by molar-refractivity contribution is 5.95. The van der Waals surface area contributed by atoms with Crippen LogP contribution in [0.3, 0.4) is 0 Å². The van der Waals surface area contributed by atoms with Gasteiger partial charge in [0.25, 0.3) is 5.91 Å². The molecule has 2 aromatic carbocycles. The first-order valence-electron chi connectivity index (χ1n) is 15.0. The number of aryl methyl sites for hydroxylation is 1. The zero-order valence-corrected chi connectivity index (χ0v) is 24.4. The molecule has 1 saturated carbocycles. The zero-order chi connectivity index (χ0) is 29.3. The number of methoxy groups -OCH3 is 1. The summed E-state index contributed by atoms with van der Waals surface area (Å²) in [6.07, 6.45) is 9.11. The molecule has 1 unspecified atom stereocenters. The Labute approximate surface area is 249 Å². The van der Waals surface area contributed by atoms with E-state index in [1.807, 2.05) is 25.1 Å². The van der Waals surface area contributed by atoms with Gasteiger partial charge < -0.3 is 29.3 Å². The third kappa shape index (κ3) is 5.67. The molecule has 0 bridgehead atoms. The minimum Gasteiger partial charge on any atom is -0.495 e. The van der Waals surface area contributed by atoms with Crippen molar-refractivity contribution in [3.63, 3.8) is 0 Å². The first-order chi connectivity index (χ1) is 21.0. The normalized spacial score (nSPS) is 18.4. The van der Waals surface area contributed by atoms with Crippen molar-refractivity contribution in [1.29, 1.82) is 0 Å². The molecule has 7 rings (SSSR count). The van der Waals surface area contributed by atoms with Crippen LogP contribution in [-0.2, 0) is 11.2 Å². The number of allylic oxidation sites excluding steroid dienone is 1. The van der Waals surface area contributed by atoms with Crippen molar-refractivity contribution in [3.05, 3.63) is 70.7 Å². The first kappa shape index (κ1) is 27.4. The Kier molecular flexibility index (Phi) is 7.44. The Morgan fingerprint density at radius 1 is 1.02 bits per heavy atom.